The molecule has 1 aromatic carbocycles. The molecule has 0 aliphatic carbocycles. The molecule has 0 fully saturated rings. The normalized spacial score (nSPS) is 10.9. The van der Waals surface area contributed by atoms with Crippen molar-refractivity contribution in [1.82, 2.24) is 4.57 Å². The molecule has 0 saturated heterocycles. The third-order valence-electron chi connectivity index (χ3n) is 3.15. The van der Waals surface area contributed by atoms with E-state index < -0.39 is 13.0 Å². The number of hydrogen-bond donors (Lipinski definition) is 0. The highest BCUT2D eigenvalue weighted by Gasteiger charge is 2.13. The minimum Gasteiger partial charge on any atom is -0.494 e. The second kappa shape index (κ2) is 6.52. The molecular formula is C16H17F2NO2. The highest BCUT2D eigenvalue weighted by atomic mass is 19.3. The standard InChI is InChI=1S/C16H17F2NO2/c1-3-21-13-7-5-12(6-8-13)14-9-4-11(2)16(20)19(14)10-15(17)18/h4-9,15H,3,10H2,1-2H3. The number of hydrogen-bond acceptors (Lipinski definition) is 2. The van der Waals surface area contributed by atoms with Gasteiger partial charge in [-0.05, 0) is 49.7 Å². The highest BCUT2D eigenvalue weighted by molar-refractivity contribution is 5.61. The van der Waals surface area contributed by atoms with E-state index in [9.17, 15) is 13.6 Å². The maximum atomic E-state index is 12.7. The molecule has 0 aliphatic heterocycles. The Labute approximate surface area is 121 Å². The zero-order chi connectivity index (χ0) is 15.4. The maximum absolute atomic E-state index is 12.7. The average molecular weight is 293 g/mol. The van der Waals surface area contributed by atoms with Crippen molar-refractivity contribution in [2.24, 2.45) is 0 Å². The zero-order valence-electron chi connectivity index (χ0n) is 12.0. The van der Waals surface area contributed by atoms with E-state index in [0.717, 1.165) is 4.57 Å². The summed E-state index contributed by atoms with van der Waals surface area (Å²) in [5.74, 6) is 0.705. The van der Waals surface area contributed by atoms with Crippen LogP contribution in [0.2, 0.25) is 0 Å². The lowest BCUT2D eigenvalue weighted by molar-refractivity contribution is 0.126. The first-order chi connectivity index (χ1) is 10.0. The van der Waals surface area contributed by atoms with E-state index in [2.05, 4.69) is 0 Å². The molecule has 3 nitrogen and oxygen atoms in total. The SMILES string of the molecule is CCOc1ccc(-c2ccc(C)c(=O)n2CC(F)F)cc1. The summed E-state index contributed by atoms with van der Waals surface area (Å²) in [5.41, 5.74) is 1.25. The van der Waals surface area contributed by atoms with Crippen molar-refractivity contribution in [2.45, 2.75) is 26.8 Å². The minimum atomic E-state index is -2.58. The molecule has 0 amide bonds. The third kappa shape index (κ3) is 3.48. The summed E-state index contributed by atoms with van der Waals surface area (Å²) >= 11 is 0. The number of aromatic nitrogens is 1. The molecule has 1 heterocycles. The summed E-state index contributed by atoms with van der Waals surface area (Å²) in [6.07, 6.45) is -2.58. The number of rotatable bonds is 5. The Morgan fingerprint density at radius 3 is 2.38 bits per heavy atom. The van der Waals surface area contributed by atoms with Crippen LogP contribution in [-0.2, 0) is 6.54 Å². The second-order valence-corrected chi connectivity index (χ2v) is 4.67. The monoisotopic (exact) mass is 293 g/mol. The molecule has 0 N–H and O–H groups in total. The van der Waals surface area contributed by atoms with Crippen LogP contribution < -0.4 is 10.3 Å². The molecule has 1 aromatic heterocycles. The van der Waals surface area contributed by atoms with Gasteiger partial charge >= 0.3 is 0 Å². The highest BCUT2D eigenvalue weighted by Crippen LogP contribution is 2.22. The van der Waals surface area contributed by atoms with Crippen molar-refractivity contribution < 1.29 is 13.5 Å². The fraction of sp³-hybridized carbons (Fsp3) is 0.312. The molecule has 0 unspecified atom stereocenters. The number of alkyl halides is 2. The minimum absolute atomic E-state index is 0.387. The Balaban J connectivity index is 2.47. The van der Waals surface area contributed by atoms with Crippen LogP contribution in [0.1, 0.15) is 12.5 Å². The molecule has 2 rings (SSSR count). The molecule has 0 aliphatic rings. The van der Waals surface area contributed by atoms with E-state index in [4.69, 9.17) is 4.74 Å². The molecule has 0 atom stereocenters. The van der Waals surface area contributed by atoms with Gasteiger partial charge in [0.2, 0.25) is 0 Å². The van der Waals surface area contributed by atoms with Gasteiger partial charge in [-0.2, -0.15) is 0 Å². The summed E-state index contributed by atoms with van der Waals surface area (Å²) in [7, 11) is 0. The van der Waals surface area contributed by atoms with Gasteiger partial charge in [0.05, 0.1) is 18.8 Å². The fourth-order valence-electron chi connectivity index (χ4n) is 2.15. The lowest BCUT2D eigenvalue weighted by Gasteiger charge is -2.14. The summed E-state index contributed by atoms with van der Waals surface area (Å²) in [4.78, 5) is 12.1. The molecule has 0 spiro atoms. The number of ether oxygens (including phenoxy) is 1. The quantitative estimate of drug-likeness (QED) is 0.845. The predicted molar refractivity (Wildman–Crippen MR) is 78.0 cm³/mol. The van der Waals surface area contributed by atoms with Crippen molar-refractivity contribution in [1.29, 1.82) is 0 Å². The van der Waals surface area contributed by atoms with Crippen molar-refractivity contribution in [3.05, 3.63) is 52.3 Å². The van der Waals surface area contributed by atoms with Crippen LogP contribution in [0.5, 0.6) is 5.75 Å². The molecule has 5 heteroatoms. The van der Waals surface area contributed by atoms with Crippen LogP contribution in [0.15, 0.2) is 41.2 Å². The third-order valence-corrected chi connectivity index (χ3v) is 3.15. The van der Waals surface area contributed by atoms with Crippen LogP contribution >= 0.6 is 0 Å². The summed E-state index contributed by atoms with van der Waals surface area (Å²) in [6.45, 7) is 3.45. The van der Waals surface area contributed by atoms with E-state index >= 15 is 0 Å². The molecule has 2 aromatic rings. The predicted octanol–water partition coefficient (Wildman–Crippen LogP) is 3.49. The maximum Gasteiger partial charge on any atom is 0.256 e. The number of pyridine rings is 1. The van der Waals surface area contributed by atoms with Gasteiger partial charge in [0.15, 0.2) is 0 Å². The van der Waals surface area contributed by atoms with Crippen LogP contribution in [0.4, 0.5) is 8.78 Å². The van der Waals surface area contributed by atoms with Crippen molar-refractivity contribution in [3.63, 3.8) is 0 Å². The Kier molecular flexibility index (Phi) is 4.73. The van der Waals surface area contributed by atoms with E-state index in [-0.39, 0.29) is 5.56 Å². The van der Waals surface area contributed by atoms with Gasteiger partial charge in [0, 0.05) is 5.56 Å². The van der Waals surface area contributed by atoms with E-state index in [0.29, 0.717) is 29.2 Å². The van der Waals surface area contributed by atoms with Crippen molar-refractivity contribution in [3.8, 4) is 17.0 Å². The molecule has 0 radical (unpaired) electrons. The Hall–Kier alpha value is -2.17. The van der Waals surface area contributed by atoms with E-state index in [1.807, 2.05) is 6.92 Å². The second-order valence-electron chi connectivity index (χ2n) is 4.67. The van der Waals surface area contributed by atoms with Crippen LogP contribution in [-0.4, -0.2) is 17.6 Å². The van der Waals surface area contributed by atoms with Gasteiger partial charge in [-0.25, -0.2) is 8.78 Å². The van der Waals surface area contributed by atoms with Crippen molar-refractivity contribution >= 4 is 0 Å². The molecular weight excluding hydrogens is 276 g/mol. The van der Waals surface area contributed by atoms with Crippen LogP contribution in [0, 0.1) is 6.92 Å². The first-order valence-electron chi connectivity index (χ1n) is 6.74. The van der Waals surface area contributed by atoms with Crippen molar-refractivity contribution in [2.75, 3.05) is 6.61 Å². The summed E-state index contributed by atoms with van der Waals surface area (Å²) < 4.78 is 31.9. The Bertz CT molecular complexity index is 663. The van der Waals surface area contributed by atoms with Gasteiger partial charge in [0.25, 0.3) is 12.0 Å². The lowest BCUT2D eigenvalue weighted by Crippen LogP contribution is -2.26. The number of nitrogens with zero attached hydrogens (tertiary/aromatic N) is 1. The van der Waals surface area contributed by atoms with Gasteiger partial charge in [-0.3, -0.25) is 4.79 Å². The molecule has 0 saturated carbocycles. The largest absolute Gasteiger partial charge is 0.494 e. The molecule has 112 valence electrons. The van der Waals surface area contributed by atoms with Gasteiger partial charge in [-0.1, -0.05) is 6.07 Å². The fourth-order valence-corrected chi connectivity index (χ4v) is 2.15. The zero-order valence-corrected chi connectivity index (χ0v) is 12.0. The number of halogens is 2. The topological polar surface area (TPSA) is 31.2 Å². The first kappa shape index (κ1) is 15.2. The van der Waals surface area contributed by atoms with Crippen LogP contribution in [0.25, 0.3) is 11.3 Å². The number of aryl methyl sites for hydroxylation is 1. The van der Waals surface area contributed by atoms with Gasteiger partial charge < -0.3 is 9.30 Å². The van der Waals surface area contributed by atoms with Crippen LogP contribution in [0.3, 0.4) is 0 Å². The smallest absolute Gasteiger partial charge is 0.256 e. The molecule has 21 heavy (non-hydrogen) atoms. The summed E-state index contributed by atoms with van der Waals surface area (Å²) in [5, 5.41) is 0. The lowest BCUT2D eigenvalue weighted by atomic mass is 10.1. The van der Waals surface area contributed by atoms with E-state index in [1.165, 1.54) is 0 Å². The summed E-state index contributed by atoms with van der Waals surface area (Å²) in [6, 6.07) is 10.4. The van der Waals surface area contributed by atoms with Gasteiger partial charge in [0.1, 0.15) is 5.75 Å². The van der Waals surface area contributed by atoms with Gasteiger partial charge in [-0.15, -0.1) is 0 Å². The number of benzene rings is 1. The molecule has 0 bridgehead atoms. The average Bonchev–Trinajstić information content (AvgIpc) is 2.45. The first-order valence-corrected chi connectivity index (χ1v) is 6.74. The van der Waals surface area contributed by atoms with E-state index in [1.54, 1.807) is 43.3 Å². The Morgan fingerprint density at radius 1 is 1.14 bits per heavy atom. The Morgan fingerprint density at radius 2 is 1.81 bits per heavy atom.